The fourth-order valence-electron chi connectivity index (χ4n) is 1.68. The highest BCUT2D eigenvalue weighted by atomic mass is 79.9. The van der Waals surface area contributed by atoms with Gasteiger partial charge in [-0.2, -0.15) is 0 Å². The second kappa shape index (κ2) is 5.12. The normalized spacial score (nSPS) is 10.4. The molecule has 0 aliphatic heterocycles. The van der Waals surface area contributed by atoms with Gasteiger partial charge in [0.2, 0.25) is 5.78 Å². The molecular formula is C13H12BrNO2S. The highest BCUT2D eigenvalue weighted by Gasteiger charge is 2.19. The maximum absolute atomic E-state index is 12.5. The Hall–Kier alpha value is -1.33. The van der Waals surface area contributed by atoms with Crippen molar-refractivity contribution < 1.29 is 9.53 Å². The van der Waals surface area contributed by atoms with E-state index in [1.807, 2.05) is 12.3 Å². The predicted octanol–water partition coefficient (Wildman–Crippen LogP) is 3.64. The summed E-state index contributed by atoms with van der Waals surface area (Å²) < 4.78 is 5.97. The topological polar surface area (TPSA) is 52.3 Å². The van der Waals surface area contributed by atoms with Crippen LogP contribution in [0.4, 0.5) is 5.69 Å². The number of nitrogens with two attached hydrogens (primary N) is 1. The molecule has 5 heteroatoms. The van der Waals surface area contributed by atoms with E-state index in [1.165, 1.54) is 11.3 Å². The van der Waals surface area contributed by atoms with E-state index in [0.717, 1.165) is 10.0 Å². The molecule has 0 saturated heterocycles. The van der Waals surface area contributed by atoms with Crippen LogP contribution in [0.15, 0.2) is 28.1 Å². The van der Waals surface area contributed by atoms with E-state index in [1.54, 1.807) is 25.3 Å². The summed E-state index contributed by atoms with van der Waals surface area (Å²) in [5.41, 5.74) is 7.86. The lowest BCUT2D eigenvalue weighted by atomic mass is 10.0. The molecule has 0 fully saturated rings. The Morgan fingerprint density at radius 3 is 2.83 bits per heavy atom. The summed E-state index contributed by atoms with van der Waals surface area (Å²) >= 11 is 4.72. The number of carbonyl (C=O) groups excluding carboxylic acids is 1. The Balaban J connectivity index is 2.53. The van der Waals surface area contributed by atoms with E-state index in [0.29, 0.717) is 21.9 Å². The van der Waals surface area contributed by atoms with Gasteiger partial charge in [-0.25, -0.2) is 0 Å². The van der Waals surface area contributed by atoms with E-state index in [9.17, 15) is 4.79 Å². The number of nitrogen functional groups attached to an aromatic ring is 1. The monoisotopic (exact) mass is 325 g/mol. The van der Waals surface area contributed by atoms with Crippen molar-refractivity contribution in [1.29, 1.82) is 0 Å². The van der Waals surface area contributed by atoms with Gasteiger partial charge in [-0.1, -0.05) is 15.9 Å². The SMILES string of the molecule is COc1ccsc1C(=O)c1cc(Br)cc(N)c1C. The third kappa shape index (κ3) is 2.28. The van der Waals surface area contributed by atoms with Crippen LogP contribution in [0.3, 0.4) is 0 Å². The molecule has 2 aromatic rings. The molecule has 18 heavy (non-hydrogen) atoms. The average molecular weight is 326 g/mol. The maximum Gasteiger partial charge on any atom is 0.207 e. The van der Waals surface area contributed by atoms with Crippen LogP contribution in [0.25, 0.3) is 0 Å². The van der Waals surface area contributed by atoms with Crippen molar-refractivity contribution in [2.45, 2.75) is 6.92 Å². The largest absolute Gasteiger partial charge is 0.495 e. The minimum Gasteiger partial charge on any atom is -0.495 e. The molecule has 2 N–H and O–H groups in total. The van der Waals surface area contributed by atoms with Gasteiger partial charge in [0.25, 0.3) is 0 Å². The first kappa shape index (κ1) is 13.1. The van der Waals surface area contributed by atoms with Gasteiger partial charge in [0.1, 0.15) is 10.6 Å². The number of benzene rings is 1. The summed E-state index contributed by atoms with van der Waals surface area (Å²) in [4.78, 5) is 13.1. The van der Waals surface area contributed by atoms with Crippen molar-refractivity contribution in [3.63, 3.8) is 0 Å². The van der Waals surface area contributed by atoms with E-state index < -0.39 is 0 Å². The maximum atomic E-state index is 12.5. The molecule has 0 spiro atoms. The minimum absolute atomic E-state index is 0.0626. The zero-order valence-electron chi connectivity index (χ0n) is 9.99. The van der Waals surface area contributed by atoms with E-state index in [2.05, 4.69) is 15.9 Å². The first-order valence-corrected chi connectivity index (χ1v) is 6.93. The van der Waals surface area contributed by atoms with Crippen molar-refractivity contribution in [3.8, 4) is 5.75 Å². The van der Waals surface area contributed by atoms with Gasteiger partial charge in [0.15, 0.2) is 0 Å². The highest BCUT2D eigenvalue weighted by molar-refractivity contribution is 9.10. The summed E-state index contributed by atoms with van der Waals surface area (Å²) in [6.45, 7) is 1.84. The first-order valence-electron chi connectivity index (χ1n) is 5.26. The third-order valence-corrected chi connectivity index (χ3v) is 4.06. The third-order valence-electron chi connectivity index (χ3n) is 2.71. The molecule has 0 aliphatic carbocycles. The van der Waals surface area contributed by atoms with Gasteiger partial charge in [-0.05, 0) is 36.1 Å². The van der Waals surface area contributed by atoms with Crippen molar-refractivity contribution in [2.24, 2.45) is 0 Å². The number of methoxy groups -OCH3 is 1. The van der Waals surface area contributed by atoms with Crippen LogP contribution < -0.4 is 10.5 Å². The molecule has 0 saturated carbocycles. The lowest BCUT2D eigenvalue weighted by Crippen LogP contribution is -2.05. The van der Waals surface area contributed by atoms with Crippen LogP contribution in [0.5, 0.6) is 5.75 Å². The molecule has 0 amide bonds. The fourth-order valence-corrected chi connectivity index (χ4v) is 2.97. The Morgan fingerprint density at radius 2 is 2.17 bits per heavy atom. The zero-order chi connectivity index (χ0) is 13.3. The van der Waals surface area contributed by atoms with Crippen LogP contribution in [-0.2, 0) is 0 Å². The molecule has 0 atom stereocenters. The molecule has 94 valence electrons. The van der Waals surface area contributed by atoms with Crippen molar-refractivity contribution in [2.75, 3.05) is 12.8 Å². The number of anilines is 1. The van der Waals surface area contributed by atoms with Gasteiger partial charge < -0.3 is 10.5 Å². The number of hydrogen-bond acceptors (Lipinski definition) is 4. The zero-order valence-corrected chi connectivity index (χ0v) is 12.4. The Morgan fingerprint density at radius 1 is 1.44 bits per heavy atom. The lowest BCUT2D eigenvalue weighted by Gasteiger charge is -2.09. The summed E-state index contributed by atoms with van der Waals surface area (Å²) in [5.74, 6) is 0.537. The molecular weight excluding hydrogens is 314 g/mol. The summed E-state index contributed by atoms with van der Waals surface area (Å²) in [7, 11) is 1.56. The fraction of sp³-hybridized carbons (Fsp3) is 0.154. The van der Waals surface area contributed by atoms with Crippen LogP contribution >= 0.6 is 27.3 Å². The molecule has 0 unspecified atom stereocenters. The van der Waals surface area contributed by atoms with Crippen molar-refractivity contribution >= 4 is 38.7 Å². The van der Waals surface area contributed by atoms with Gasteiger partial charge in [-0.3, -0.25) is 4.79 Å². The Labute approximate surface area is 118 Å². The summed E-state index contributed by atoms with van der Waals surface area (Å²) in [6.07, 6.45) is 0. The predicted molar refractivity (Wildman–Crippen MR) is 77.6 cm³/mol. The standard InChI is InChI=1S/C13H12BrNO2S/c1-7-9(5-8(14)6-10(7)15)12(16)13-11(17-2)3-4-18-13/h3-6H,15H2,1-2H3. The summed E-state index contributed by atoms with van der Waals surface area (Å²) in [5, 5.41) is 1.84. The highest BCUT2D eigenvalue weighted by Crippen LogP contribution is 2.31. The molecule has 1 aromatic carbocycles. The number of ether oxygens (including phenoxy) is 1. The molecule has 0 bridgehead atoms. The lowest BCUT2D eigenvalue weighted by molar-refractivity contribution is 0.103. The first-order chi connectivity index (χ1) is 8.54. The smallest absolute Gasteiger partial charge is 0.207 e. The Kier molecular flexibility index (Phi) is 3.73. The number of thiophene rings is 1. The second-order valence-corrected chi connectivity index (χ2v) is 5.65. The van der Waals surface area contributed by atoms with Crippen LogP contribution in [0.2, 0.25) is 0 Å². The average Bonchev–Trinajstić information content (AvgIpc) is 2.81. The van der Waals surface area contributed by atoms with Crippen molar-refractivity contribution in [1.82, 2.24) is 0 Å². The molecule has 1 aromatic heterocycles. The van der Waals surface area contributed by atoms with Gasteiger partial charge in [0, 0.05) is 15.7 Å². The van der Waals surface area contributed by atoms with Gasteiger partial charge >= 0.3 is 0 Å². The molecule has 2 rings (SSSR count). The molecule has 1 heterocycles. The van der Waals surface area contributed by atoms with Gasteiger partial charge in [-0.15, -0.1) is 11.3 Å². The van der Waals surface area contributed by atoms with Crippen LogP contribution in [0.1, 0.15) is 20.8 Å². The number of carbonyl (C=O) groups is 1. The second-order valence-electron chi connectivity index (χ2n) is 3.81. The summed E-state index contributed by atoms with van der Waals surface area (Å²) in [6, 6.07) is 5.36. The number of ketones is 1. The van der Waals surface area contributed by atoms with Crippen molar-refractivity contribution in [3.05, 3.63) is 44.1 Å². The molecule has 0 aliphatic rings. The van der Waals surface area contributed by atoms with E-state index >= 15 is 0 Å². The number of hydrogen-bond donors (Lipinski definition) is 1. The number of halogens is 1. The number of rotatable bonds is 3. The van der Waals surface area contributed by atoms with Crippen LogP contribution in [-0.4, -0.2) is 12.9 Å². The van der Waals surface area contributed by atoms with Crippen LogP contribution in [0, 0.1) is 6.92 Å². The molecule has 3 nitrogen and oxygen atoms in total. The quantitative estimate of drug-likeness (QED) is 0.692. The minimum atomic E-state index is -0.0626. The van der Waals surface area contributed by atoms with Gasteiger partial charge in [0.05, 0.1) is 7.11 Å². The van der Waals surface area contributed by atoms with E-state index in [4.69, 9.17) is 10.5 Å². The Bertz CT molecular complexity index is 607. The van der Waals surface area contributed by atoms with E-state index in [-0.39, 0.29) is 5.78 Å². The molecule has 0 radical (unpaired) electrons.